The number of carbonyl (C=O) groups is 1. The highest BCUT2D eigenvalue weighted by Crippen LogP contribution is 2.29. The molecule has 0 radical (unpaired) electrons. The summed E-state index contributed by atoms with van der Waals surface area (Å²) in [6.45, 7) is 0. The average molecular weight is 377 g/mol. The number of methoxy groups -OCH3 is 2. The van der Waals surface area contributed by atoms with Crippen LogP contribution >= 0.6 is 23.2 Å². The molecular weight excluding hydrogens is 363 g/mol. The van der Waals surface area contributed by atoms with Gasteiger partial charge in [-0.05, 0) is 42.0 Å². The van der Waals surface area contributed by atoms with Crippen LogP contribution < -0.4 is 14.8 Å². The van der Waals surface area contributed by atoms with Crippen LogP contribution in [0.1, 0.15) is 5.56 Å². The lowest BCUT2D eigenvalue weighted by atomic mass is 10.1. The van der Waals surface area contributed by atoms with Crippen molar-refractivity contribution in [3.8, 4) is 17.6 Å². The summed E-state index contributed by atoms with van der Waals surface area (Å²) < 4.78 is 10.4. The molecule has 0 aliphatic rings. The molecule has 1 amide bonds. The molecule has 0 aromatic heterocycles. The van der Waals surface area contributed by atoms with Gasteiger partial charge in [-0.2, -0.15) is 5.26 Å². The fourth-order valence-corrected chi connectivity index (χ4v) is 2.33. The quantitative estimate of drug-likeness (QED) is 0.613. The number of hydrogen-bond acceptors (Lipinski definition) is 4. The Morgan fingerprint density at radius 1 is 1.08 bits per heavy atom. The summed E-state index contributed by atoms with van der Waals surface area (Å²) in [5.41, 5.74) is 0.990. The van der Waals surface area contributed by atoms with E-state index in [4.69, 9.17) is 32.7 Å². The van der Waals surface area contributed by atoms with Gasteiger partial charge in [0.05, 0.1) is 24.3 Å². The predicted molar refractivity (Wildman–Crippen MR) is 98.2 cm³/mol. The Bertz CT molecular complexity index is 873. The maximum Gasteiger partial charge on any atom is 0.266 e. The Hall–Kier alpha value is -2.68. The van der Waals surface area contributed by atoms with E-state index in [1.807, 2.05) is 6.07 Å². The van der Waals surface area contributed by atoms with Gasteiger partial charge in [-0.1, -0.05) is 29.3 Å². The maximum atomic E-state index is 12.3. The lowest BCUT2D eigenvalue weighted by molar-refractivity contribution is -0.112. The summed E-state index contributed by atoms with van der Waals surface area (Å²) in [7, 11) is 3.03. The first-order valence-corrected chi connectivity index (χ1v) is 7.84. The van der Waals surface area contributed by atoms with Gasteiger partial charge < -0.3 is 14.8 Å². The average Bonchev–Trinajstić information content (AvgIpc) is 2.62. The van der Waals surface area contributed by atoms with E-state index >= 15 is 0 Å². The largest absolute Gasteiger partial charge is 0.493 e. The minimum absolute atomic E-state index is 0.0710. The molecule has 2 rings (SSSR count). The SMILES string of the molecule is COc1ccc(/C=C(/C#N)C(=O)Nc2ccc(Cl)c(Cl)c2)cc1OC. The van der Waals surface area contributed by atoms with Gasteiger partial charge in [0.25, 0.3) is 5.91 Å². The van der Waals surface area contributed by atoms with Crippen molar-refractivity contribution in [3.63, 3.8) is 0 Å². The smallest absolute Gasteiger partial charge is 0.266 e. The van der Waals surface area contributed by atoms with Crippen molar-refractivity contribution in [3.05, 3.63) is 57.6 Å². The molecule has 128 valence electrons. The van der Waals surface area contributed by atoms with Crippen molar-refractivity contribution in [2.24, 2.45) is 0 Å². The molecule has 0 bridgehead atoms. The number of rotatable bonds is 5. The number of carbonyl (C=O) groups excluding carboxylic acids is 1. The van der Waals surface area contributed by atoms with Crippen LogP contribution in [0.5, 0.6) is 11.5 Å². The molecule has 5 nitrogen and oxygen atoms in total. The molecule has 0 saturated heterocycles. The van der Waals surface area contributed by atoms with E-state index in [0.29, 0.717) is 32.8 Å². The molecule has 0 spiro atoms. The highest BCUT2D eigenvalue weighted by atomic mass is 35.5. The molecule has 7 heteroatoms. The normalized spacial score (nSPS) is 10.8. The second-order valence-electron chi connectivity index (χ2n) is 4.87. The molecule has 0 fully saturated rings. The molecule has 2 aromatic carbocycles. The molecule has 0 aliphatic heterocycles. The van der Waals surface area contributed by atoms with E-state index in [1.165, 1.54) is 26.4 Å². The fraction of sp³-hybridized carbons (Fsp3) is 0.111. The minimum atomic E-state index is -0.560. The van der Waals surface area contributed by atoms with Gasteiger partial charge in [0.15, 0.2) is 11.5 Å². The third-order valence-corrected chi connectivity index (χ3v) is 4.00. The molecule has 0 aliphatic carbocycles. The standard InChI is InChI=1S/C18H14Cl2N2O3/c1-24-16-6-3-11(8-17(16)25-2)7-12(10-21)18(23)22-13-4-5-14(19)15(20)9-13/h3-9H,1-2H3,(H,22,23)/b12-7-. The van der Waals surface area contributed by atoms with Crippen LogP contribution in [0.2, 0.25) is 10.0 Å². The highest BCUT2D eigenvalue weighted by Gasteiger charge is 2.11. The fourth-order valence-electron chi connectivity index (χ4n) is 2.03. The number of nitrogens with one attached hydrogen (secondary N) is 1. The Morgan fingerprint density at radius 2 is 1.80 bits per heavy atom. The van der Waals surface area contributed by atoms with Gasteiger partial charge in [0, 0.05) is 5.69 Å². The third-order valence-electron chi connectivity index (χ3n) is 3.26. The van der Waals surface area contributed by atoms with Gasteiger partial charge in [0.1, 0.15) is 11.6 Å². The number of halogens is 2. The molecular formula is C18H14Cl2N2O3. The van der Waals surface area contributed by atoms with Crippen LogP contribution in [0.3, 0.4) is 0 Å². The lowest BCUT2D eigenvalue weighted by Gasteiger charge is -2.08. The molecule has 0 saturated carbocycles. The number of anilines is 1. The van der Waals surface area contributed by atoms with Gasteiger partial charge in [-0.3, -0.25) is 4.79 Å². The van der Waals surface area contributed by atoms with E-state index in [9.17, 15) is 10.1 Å². The molecule has 0 heterocycles. The summed E-state index contributed by atoms with van der Waals surface area (Å²) in [6, 6.07) is 11.6. The van der Waals surface area contributed by atoms with E-state index in [-0.39, 0.29) is 5.57 Å². The first-order valence-electron chi connectivity index (χ1n) is 7.08. The molecule has 0 unspecified atom stereocenters. The number of ether oxygens (including phenoxy) is 2. The summed E-state index contributed by atoms with van der Waals surface area (Å²) in [4.78, 5) is 12.3. The zero-order valence-electron chi connectivity index (χ0n) is 13.5. The Kier molecular flexibility index (Phi) is 6.29. The number of nitriles is 1. The van der Waals surface area contributed by atoms with Crippen molar-refractivity contribution in [2.75, 3.05) is 19.5 Å². The molecule has 1 N–H and O–H groups in total. The summed E-state index contributed by atoms with van der Waals surface area (Å²) in [5, 5.41) is 12.6. The second kappa shape index (κ2) is 8.43. The molecule has 25 heavy (non-hydrogen) atoms. The van der Waals surface area contributed by atoms with Crippen LogP contribution in [-0.2, 0) is 4.79 Å². The summed E-state index contributed by atoms with van der Waals surface area (Å²) in [6.07, 6.45) is 1.45. The predicted octanol–water partition coefficient (Wildman–Crippen LogP) is 4.56. The second-order valence-corrected chi connectivity index (χ2v) is 5.68. The Balaban J connectivity index is 2.26. The van der Waals surface area contributed by atoms with Crippen LogP contribution in [-0.4, -0.2) is 20.1 Å². The summed E-state index contributed by atoms with van der Waals surface area (Å²) >= 11 is 11.8. The van der Waals surface area contributed by atoms with Crippen LogP contribution in [0.15, 0.2) is 42.0 Å². The molecule has 2 aromatic rings. The van der Waals surface area contributed by atoms with E-state index in [2.05, 4.69) is 5.32 Å². The highest BCUT2D eigenvalue weighted by molar-refractivity contribution is 6.42. The van der Waals surface area contributed by atoms with E-state index in [0.717, 1.165) is 0 Å². The van der Waals surface area contributed by atoms with E-state index in [1.54, 1.807) is 30.3 Å². The number of benzene rings is 2. The number of amides is 1. The third kappa shape index (κ3) is 4.66. The van der Waals surface area contributed by atoms with Crippen molar-refractivity contribution in [1.29, 1.82) is 5.26 Å². The van der Waals surface area contributed by atoms with Gasteiger partial charge in [0.2, 0.25) is 0 Å². The Morgan fingerprint density at radius 3 is 2.40 bits per heavy atom. The lowest BCUT2D eigenvalue weighted by Crippen LogP contribution is -2.13. The van der Waals surface area contributed by atoms with Crippen LogP contribution in [0.25, 0.3) is 6.08 Å². The van der Waals surface area contributed by atoms with Crippen LogP contribution in [0.4, 0.5) is 5.69 Å². The Labute approximate surface area is 155 Å². The minimum Gasteiger partial charge on any atom is -0.493 e. The van der Waals surface area contributed by atoms with Crippen LogP contribution in [0, 0.1) is 11.3 Å². The molecule has 0 atom stereocenters. The number of nitrogens with zero attached hydrogens (tertiary/aromatic N) is 1. The topological polar surface area (TPSA) is 71.3 Å². The zero-order valence-corrected chi connectivity index (χ0v) is 15.0. The summed E-state index contributed by atoms with van der Waals surface area (Å²) in [5.74, 6) is 0.493. The first kappa shape index (κ1) is 18.7. The maximum absolute atomic E-state index is 12.3. The van der Waals surface area contributed by atoms with Gasteiger partial charge in [-0.25, -0.2) is 0 Å². The van der Waals surface area contributed by atoms with Crippen molar-refractivity contribution >= 4 is 40.9 Å². The van der Waals surface area contributed by atoms with Crippen molar-refractivity contribution in [1.82, 2.24) is 0 Å². The van der Waals surface area contributed by atoms with Crippen molar-refractivity contribution < 1.29 is 14.3 Å². The van der Waals surface area contributed by atoms with Crippen molar-refractivity contribution in [2.45, 2.75) is 0 Å². The van der Waals surface area contributed by atoms with E-state index < -0.39 is 5.91 Å². The zero-order chi connectivity index (χ0) is 18.4. The first-order chi connectivity index (χ1) is 12.0. The van der Waals surface area contributed by atoms with Gasteiger partial charge >= 0.3 is 0 Å². The number of hydrogen-bond donors (Lipinski definition) is 1. The monoisotopic (exact) mass is 376 g/mol. The van der Waals surface area contributed by atoms with Gasteiger partial charge in [-0.15, -0.1) is 0 Å².